The molecular weight excluding hydrogens is 354 g/mol. The fraction of sp³-hybridized carbons (Fsp3) is 0.278. The number of ether oxygens (including phenoxy) is 2. The molecule has 1 unspecified atom stereocenters. The van der Waals surface area contributed by atoms with E-state index < -0.39 is 0 Å². The Hall–Kier alpha value is -2.64. The first-order valence-corrected chi connectivity index (χ1v) is 8.53. The Balaban J connectivity index is 1.68. The summed E-state index contributed by atoms with van der Waals surface area (Å²) in [5, 5.41) is 13.5. The standard InChI is InChI=1S/C18H20ClN5O2/c1-23(11-13-4-7-15(19)8-5-13)12-24-21-18(20-22-24)14-6-9-16(25-2)17(10-14)26-3/h4-10H,11-12H2,1-3H3/p+1. The molecule has 8 heteroatoms. The number of hydrogen-bond acceptors (Lipinski definition) is 5. The van der Waals surface area contributed by atoms with Crippen LogP contribution < -0.4 is 14.4 Å². The van der Waals surface area contributed by atoms with Crippen LogP contribution in [0.25, 0.3) is 11.4 Å². The van der Waals surface area contributed by atoms with E-state index in [0.29, 0.717) is 24.0 Å². The highest BCUT2D eigenvalue weighted by Gasteiger charge is 2.12. The number of nitrogens with one attached hydrogen (secondary N) is 1. The maximum absolute atomic E-state index is 5.92. The minimum Gasteiger partial charge on any atom is -0.493 e. The molecule has 1 N–H and O–H groups in total. The normalized spacial score (nSPS) is 12.0. The van der Waals surface area contributed by atoms with Crippen molar-refractivity contribution in [2.24, 2.45) is 0 Å². The fourth-order valence-electron chi connectivity index (χ4n) is 2.65. The van der Waals surface area contributed by atoms with E-state index in [1.165, 1.54) is 10.5 Å². The highest BCUT2D eigenvalue weighted by Crippen LogP contribution is 2.30. The lowest BCUT2D eigenvalue weighted by Crippen LogP contribution is -3.07. The largest absolute Gasteiger partial charge is 0.493 e. The van der Waals surface area contributed by atoms with Crippen molar-refractivity contribution in [3.63, 3.8) is 0 Å². The molecule has 1 heterocycles. The summed E-state index contributed by atoms with van der Waals surface area (Å²) in [5.41, 5.74) is 2.02. The molecule has 3 aromatic rings. The minimum atomic E-state index is 0.547. The van der Waals surface area contributed by atoms with Gasteiger partial charge in [0.15, 0.2) is 18.2 Å². The lowest BCUT2D eigenvalue weighted by Gasteiger charge is -2.12. The van der Waals surface area contributed by atoms with Gasteiger partial charge in [-0.25, -0.2) is 0 Å². The van der Waals surface area contributed by atoms with Gasteiger partial charge >= 0.3 is 0 Å². The van der Waals surface area contributed by atoms with Gasteiger partial charge in [0.1, 0.15) is 6.54 Å². The van der Waals surface area contributed by atoms with Crippen LogP contribution in [0.3, 0.4) is 0 Å². The Morgan fingerprint density at radius 1 is 1.04 bits per heavy atom. The molecule has 0 aliphatic carbocycles. The summed E-state index contributed by atoms with van der Waals surface area (Å²) in [6, 6.07) is 13.4. The van der Waals surface area contributed by atoms with Crippen LogP contribution in [-0.4, -0.2) is 41.5 Å². The van der Waals surface area contributed by atoms with Gasteiger partial charge in [0.05, 0.1) is 21.3 Å². The van der Waals surface area contributed by atoms with Gasteiger partial charge in [0.25, 0.3) is 0 Å². The number of benzene rings is 2. The van der Waals surface area contributed by atoms with Gasteiger partial charge in [0, 0.05) is 16.1 Å². The van der Waals surface area contributed by atoms with Crippen LogP contribution in [0.2, 0.25) is 5.02 Å². The molecule has 0 amide bonds. The summed E-state index contributed by atoms with van der Waals surface area (Å²) >= 11 is 5.92. The summed E-state index contributed by atoms with van der Waals surface area (Å²) in [7, 11) is 5.28. The quantitative estimate of drug-likeness (QED) is 0.681. The van der Waals surface area contributed by atoms with Crippen molar-refractivity contribution in [2.45, 2.75) is 13.2 Å². The molecule has 0 saturated carbocycles. The Labute approximate surface area is 157 Å². The molecule has 136 valence electrons. The molecule has 3 rings (SSSR count). The third-order valence-corrected chi connectivity index (χ3v) is 4.18. The molecule has 0 bridgehead atoms. The summed E-state index contributed by atoms with van der Waals surface area (Å²) in [5.74, 6) is 1.84. The first-order chi connectivity index (χ1) is 12.6. The molecular formula is C18H21ClN5O2+. The molecule has 1 aromatic heterocycles. The number of rotatable bonds is 7. The predicted octanol–water partition coefficient (Wildman–Crippen LogP) is 1.68. The number of tetrazole rings is 1. The van der Waals surface area contributed by atoms with Crippen LogP contribution >= 0.6 is 11.6 Å². The zero-order valence-corrected chi connectivity index (χ0v) is 15.7. The van der Waals surface area contributed by atoms with Gasteiger partial charge in [-0.15, -0.1) is 15.0 Å². The summed E-state index contributed by atoms with van der Waals surface area (Å²) < 4.78 is 10.6. The molecule has 0 spiro atoms. The second-order valence-electron chi connectivity index (χ2n) is 5.97. The van der Waals surface area contributed by atoms with E-state index in [9.17, 15) is 0 Å². The van der Waals surface area contributed by atoms with E-state index in [0.717, 1.165) is 17.1 Å². The molecule has 0 aliphatic rings. The number of aromatic nitrogens is 4. The summed E-state index contributed by atoms with van der Waals surface area (Å²) in [4.78, 5) is 2.82. The maximum atomic E-state index is 5.92. The monoisotopic (exact) mass is 374 g/mol. The molecule has 7 nitrogen and oxygen atoms in total. The number of nitrogens with zero attached hydrogens (tertiary/aromatic N) is 4. The maximum Gasteiger partial charge on any atom is 0.205 e. The van der Waals surface area contributed by atoms with Gasteiger partial charge in [0.2, 0.25) is 5.82 Å². The number of methoxy groups -OCH3 is 2. The van der Waals surface area contributed by atoms with Crippen molar-refractivity contribution < 1.29 is 14.4 Å². The van der Waals surface area contributed by atoms with E-state index in [2.05, 4.69) is 22.5 Å². The van der Waals surface area contributed by atoms with Gasteiger partial charge in [-0.2, -0.15) is 0 Å². The molecule has 0 aliphatic heterocycles. The van der Waals surface area contributed by atoms with Gasteiger partial charge < -0.3 is 14.4 Å². The highest BCUT2D eigenvalue weighted by atomic mass is 35.5. The zero-order chi connectivity index (χ0) is 18.5. The van der Waals surface area contributed by atoms with E-state index in [1.54, 1.807) is 19.0 Å². The smallest absolute Gasteiger partial charge is 0.205 e. The summed E-state index contributed by atoms with van der Waals surface area (Å²) in [6.45, 7) is 1.44. The predicted molar refractivity (Wildman–Crippen MR) is 98.4 cm³/mol. The molecule has 0 saturated heterocycles. The second kappa shape index (κ2) is 8.16. The van der Waals surface area contributed by atoms with Crippen LogP contribution in [0.5, 0.6) is 11.5 Å². The number of halogens is 1. The van der Waals surface area contributed by atoms with Crippen molar-refractivity contribution in [1.29, 1.82) is 0 Å². The van der Waals surface area contributed by atoms with Crippen molar-refractivity contribution in [3.8, 4) is 22.9 Å². The molecule has 0 radical (unpaired) electrons. The molecule has 26 heavy (non-hydrogen) atoms. The Morgan fingerprint density at radius 2 is 1.77 bits per heavy atom. The lowest BCUT2D eigenvalue weighted by molar-refractivity contribution is -0.918. The van der Waals surface area contributed by atoms with Crippen molar-refractivity contribution >= 4 is 11.6 Å². The molecule has 1 atom stereocenters. The highest BCUT2D eigenvalue weighted by molar-refractivity contribution is 6.30. The van der Waals surface area contributed by atoms with Crippen LogP contribution in [0.1, 0.15) is 5.56 Å². The topological polar surface area (TPSA) is 66.5 Å². The zero-order valence-electron chi connectivity index (χ0n) is 14.9. The number of quaternary nitrogens is 1. The van der Waals surface area contributed by atoms with Gasteiger partial charge in [-0.3, -0.25) is 0 Å². The van der Waals surface area contributed by atoms with Gasteiger partial charge in [-0.05, 0) is 35.5 Å². The van der Waals surface area contributed by atoms with E-state index in [4.69, 9.17) is 21.1 Å². The first-order valence-electron chi connectivity index (χ1n) is 8.15. The van der Waals surface area contributed by atoms with Crippen LogP contribution in [0, 0.1) is 0 Å². The van der Waals surface area contributed by atoms with E-state index in [1.807, 2.05) is 42.5 Å². The Bertz CT molecular complexity index is 866. The van der Waals surface area contributed by atoms with Crippen LogP contribution in [0.4, 0.5) is 0 Å². The van der Waals surface area contributed by atoms with Gasteiger partial charge in [-0.1, -0.05) is 23.7 Å². The average Bonchev–Trinajstić information content (AvgIpc) is 3.11. The van der Waals surface area contributed by atoms with Crippen molar-refractivity contribution in [3.05, 3.63) is 53.1 Å². The third-order valence-electron chi connectivity index (χ3n) is 3.93. The lowest BCUT2D eigenvalue weighted by atomic mass is 10.2. The molecule has 0 fully saturated rings. The second-order valence-corrected chi connectivity index (χ2v) is 6.41. The first kappa shape index (κ1) is 18.2. The fourth-order valence-corrected chi connectivity index (χ4v) is 2.78. The van der Waals surface area contributed by atoms with E-state index in [-0.39, 0.29) is 0 Å². The number of hydrogen-bond donors (Lipinski definition) is 1. The molecule has 2 aromatic carbocycles. The van der Waals surface area contributed by atoms with Crippen LogP contribution in [0.15, 0.2) is 42.5 Å². The van der Waals surface area contributed by atoms with Crippen molar-refractivity contribution in [2.75, 3.05) is 21.3 Å². The van der Waals surface area contributed by atoms with Crippen LogP contribution in [-0.2, 0) is 13.2 Å². The van der Waals surface area contributed by atoms with Crippen molar-refractivity contribution in [1.82, 2.24) is 20.2 Å². The summed E-state index contributed by atoms with van der Waals surface area (Å²) in [6.07, 6.45) is 0. The average molecular weight is 375 g/mol. The minimum absolute atomic E-state index is 0.547. The Kier molecular flexibility index (Phi) is 5.70. The van der Waals surface area contributed by atoms with E-state index >= 15 is 0 Å². The SMILES string of the molecule is COc1ccc(-c2nnn(C[NH+](C)Cc3ccc(Cl)cc3)n2)cc1OC. The Morgan fingerprint density at radius 3 is 2.46 bits per heavy atom. The third kappa shape index (κ3) is 4.30.